The van der Waals surface area contributed by atoms with E-state index in [4.69, 9.17) is 5.11 Å². The lowest BCUT2D eigenvalue weighted by atomic mass is 10.1. The molecule has 0 aromatic rings. The van der Waals surface area contributed by atoms with E-state index in [1.165, 1.54) is 25.7 Å². The topological polar surface area (TPSA) is 83.5 Å². The Labute approximate surface area is 108 Å². The van der Waals surface area contributed by atoms with E-state index in [2.05, 4.69) is 12.2 Å². The van der Waals surface area contributed by atoms with Crippen molar-refractivity contribution in [2.45, 2.75) is 64.7 Å². The van der Waals surface area contributed by atoms with Crippen molar-refractivity contribution < 1.29 is 19.5 Å². The third kappa shape index (κ3) is 11.1. The molecular formula is C13H23NO4. The third-order valence-corrected chi connectivity index (χ3v) is 2.60. The molecule has 2 amide bonds. The Hall–Kier alpha value is -1.39. The number of nitrogens with one attached hydrogen (secondary N) is 1. The summed E-state index contributed by atoms with van der Waals surface area (Å²) in [6, 6.07) is 0. The normalized spacial score (nSPS) is 13.8. The summed E-state index contributed by atoms with van der Waals surface area (Å²) in [7, 11) is 0. The predicted molar refractivity (Wildman–Crippen MR) is 68.0 cm³/mol. The van der Waals surface area contributed by atoms with E-state index < -0.39 is 5.97 Å². The summed E-state index contributed by atoms with van der Waals surface area (Å²) in [5.41, 5.74) is 0. The van der Waals surface area contributed by atoms with Crippen LogP contribution in [0.25, 0.3) is 0 Å². The van der Waals surface area contributed by atoms with Gasteiger partial charge in [0.1, 0.15) is 0 Å². The van der Waals surface area contributed by atoms with Crippen molar-refractivity contribution in [2.24, 2.45) is 0 Å². The number of aliphatic carboxylic acids is 1. The van der Waals surface area contributed by atoms with Gasteiger partial charge in [-0.2, -0.15) is 0 Å². The van der Waals surface area contributed by atoms with E-state index in [0.717, 1.165) is 12.8 Å². The van der Waals surface area contributed by atoms with Crippen LogP contribution in [0, 0.1) is 0 Å². The quantitative estimate of drug-likeness (QED) is 0.541. The maximum Gasteiger partial charge on any atom is 0.303 e. The van der Waals surface area contributed by atoms with Gasteiger partial charge in [-0.1, -0.05) is 39.0 Å². The molecule has 1 saturated heterocycles. The van der Waals surface area contributed by atoms with Gasteiger partial charge in [0.15, 0.2) is 0 Å². The van der Waals surface area contributed by atoms with E-state index in [1.807, 2.05) is 0 Å². The molecule has 1 aliphatic heterocycles. The van der Waals surface area contributed by atoms with Crippen LogP contribution in [0.5, 0.6) is 0 Å². The number of rotatable bonds is 7. The number of carbonyl (C=O) groups is 3. The first-order valence-electron chi connectivity index (χ1n) is 6.60. The van der Waals surface area contributed by atoms with Crippen LogP contribution in [0.3, 0.4) is 0 Å². The largest absolute Gasteiger partial charge is 0.481 e. The van der Waals surface area contributed by atoms with Gasteiger partial charge in [0.25, 0.3) is 0 Å². The number of hydrogen-bond acceptors (Lipinski definition) is 3. The van der Waals surface area contributed by atoms with Crippen LogP contribution in [-0.2, 0) is 14.4 Å². The zero-order chi connectivity index (χ0) is 13.8. The fourth-order valence-electron chi connectivity index (χ4n) is 1.56. The lowest BCUT2D eigenvalue weighted by Gasteiger charge is -1.97. The van der Waals surface area contributed by atoms with Crippen LogP contribution in [-0.4, -0.2) is 22.9 Å². The van der Waals surface area contributed by atoms with Gasteiger partial charge >= 0.3 is 5.97 Å². The first-order chi connectivity index (χ1) is 8.56. The number of hydrogen-bond donors (Lipinski definition) is 2. The SMILES string of the molecule is CCCCCCCCC(=O)O.O=C1CCC(=O)N1. The van der Waals surface area contributed by atoms with Crippen molar-refractivity contribution in [1.29, 1.82) is 0 Å². The predicted octanol–water partition coefficient (Wildman–Crippen LogP) is 2.24. The van der Waals surface area contributed by atoms with Gasteiger partial charge in [-0.15, -0.1) is 0 Å². The molecular weight excluding hydrogens is 234 g/mol. The van der Waals surface area contributed by atoms with Crippen molar-refractivity contribution in [3.05, 3.63) is 0 Å². The summed E-state index contributed by atoms with van der Waals surface area (Å²) >= 11 is 0. The minimum absolute atomic E-state index is 0.148. The minimum atomic E-state index is -0.666. The number of imide groups is 1. The Bertz CT molecular complexity index is 262. The molecule has 0 bridgehead atoms. The lowest BCUT2D eigenvalue weighted by Crippen LogP contribution is -2.18. The third-order valence-electron chi connectivity index (χ3n) is 2.60. The van der Waals surface area contributed by atoms with Crippen molar-refractivity contribution >= 4 is 17.8 Å². The molecule has 0 aromatic carbocycles. The Balaban J connectivity index is 0.000000351. The van der Waals surface area contributed by atoms with Crippen LogP contribution in [0.15, 0.2) is 0 Å². The second-order valence-corrected chi connectivity index (χ2v) is 4.38. The smallest absolute Gasteiger partial charge is 0.303 e. The van der Waals surface area contributed by atoms with Crippen LogP contribution in [0.1, 0.15) is 64.7 Å². The molecule has 18 heavy (non-hydrogen) atoms. The summed E-state index contributed by atoms with van der Waals surface area (Å²) < 4.78 is 0. The number of carboxylic acids is 1. The van der Waals surface area contributed by atoms with Crippen molar-refractivity contribution in [2.75, 3.05) is 0 Å². The molecule has 5 heteroatoms. The molecule has 0 unspecified atom stereocenters. The lowest BCUT2D eigenvalue weighted by molar-refractivity contribution is -0.137. The van der Waals surface area contributed by atoms with E-state index in [1.54, 1.807) is 0 Å². The van der Waals surface area contributed by atoms with Gasteiger partial charge in [0.2, 0.25) is 11.8 Å². The first kappa shape index (κ1) is 16.6. The first-order valence-corrected chi connectivity index (χ1v) is 6.60. The highest BCUT2D eigenvalue weighted by Crippen LogP contribution is 2.06. The van der Waals surface area contributed by atoms with Crippen LogP contribution < -0.4 is 5.32 Å². The molecule has 1 fully saturated rings. The molecule has 0 aliphatic carbocycles. The second-order valence-electron chi connectivity index (χ2n) is 4.38. The highest BCUT2D eigenvalue weighted by molar-refractivity contribution is 6.01. The highest BCUT2D eigenvalue weighted by atomic mass is 16.4. The fourth-order valence-corrected chi connectivity index (χ4v) is 1.56. The molecule has 0 spiro atoms. The second kappa shape index (κ2) is 10.7. The Morgan fingerprint density at radius 1 is 1.06 bits per heavy atom. The van der Waals surface area contributed by atoms with E-state index in [-0.39, 0.29) is 11.8 Å². The van der Waals surface area contributed by atoms with Crippen LogP contribution in [0.2, 0.25) is 0 Å². The summed E-state index contributed by atoms with van der Waals surface area (Å²) in [5.74, 6) is -0.963. The maximum absolute atomic E-state index is 10.1. The van der Waals surface area contributed by atoms with Gasteiger partial charge < -0.3 is 5.11 Å². The van der Waals surface area contributed by atoms with Gasteiger partial charge in [0, 0.05) is 19.3 Å². The molecule has 1 aliphatic rings. The van der Waals surface area contributed by atoms with Crippen molar-refractivity contribution in [1.82, 2.24) is 5.32 Å². The molecule has 0 radical (unpaired) electrons. The number of carbonyl (C=O) groups excluding carboxylic acids is 2. The number of carboxylic acid groups (broad SMARTS) is 1. The monoisotopic (exact) mass is 257 g/mol. The number of unbranched alkanes of at least 4 members (excludes halogenated alkanes) is 5. The summed E-state index contributed by atoms with van der Waals surface area (Å²) in [6.07, 6.45) is 8.00. The van der Waals surface area contributed by atoms with Gasteiger partial charge in [0.05, 0.1) is 0 Å². The van der Waals surface area contributed by atoms with E-state index in [0.29, 0.717) is 19.3 Å². The Kier molecular flexibility index (Phi) is 9.91. The summed E-state index contributed by atoms with van der Waals surface area (Å²) in [6.45, 7) is 2.18. The summed E-state index contributed by atoms with van der Waals surface area (Å²) in [5, 5.41) is 10.5. The van der Waals surface area contributed by atoms with Crippen molar-refractivity contribution in [3.8, 4) is 0 Å². The average molecular weight is 257 g/mol. The summed E-state index contributed by atoms with van der Waals surface area (Å²) in [4.78, 5) is 30.3. The fraction of sp³-hybridized carbons (Fsp3) is 0.769. The maximum atomic E-state index is 10.1. The molecule has 0 atom stereocenters. The molecule has 1 heterocycles. The molecule has 0 saturated carbocycles. The Morgan fingerprint density at radius 3 is 1.94 bits per heavy atom. The zero-order valence-electron chi connectivity index (χ0n) is 11.0. The van der Waals surface area contributed by atoms with Gasteiger partial charge in [-0.25, -0.2) is 0 Å². The van der Waals surface area contributed by atoms with E-state index in [9.17, 15) is 14.4 Å². The number of amides is 2. The molecule has 0 aromatic heterocycles. The highest BCUT2D eigenvalue weighted by Gasteiger charge is 2.15. The van der Waals surface area contributed by atoms with Gasteiger partial charge in [-0.05, 0) is 6.42 Å². The molecule has 104 valence electrons. The Morgan fingerprint density at radius 2 is 1.56 bits per heavy atom. The molecule has 1 rings (SSSR count). The van der Waals surface area contributed by atoms with Crippen LogP contribution >= 0.6 is 0 Å². The van der Waals surface area contributed by atoms with Crippen LogP contribution in [0.4, 0.5) is 0 Å². The standard InChI is InChI=1S/C9H18O2.C4H5NO2/c1-2-3-4-5-6-7-8-9(10)11;6-3-1-2-4(7)5-3/h2-8H2,1H3,(H,10,11);1-2H2,(H,5,6,7). The molecule has 2 N–H and O–H groups in total. The zero-order valence-corrected chi connectivity index (χ0v) is 11.0. The molecule has 5 nitrogen and oxygen atoms in total. The van der Waals surface area contributed by atoms with E-state index >= 15 is 0 Å². The van der Waals surface area contributed by atoms with Crippen molar-refractivity contribution in [3.63, 3.8) is 0 Å². The average Bonchev–Trinajstić information content (AvgIpc) is 2.68. The van der Waals surface area contributed by atoms with Gasteiger partial charge in [-0.3, -0.25) is 19.7 Å². The minimum Gasteiger partial charge on any atom is -0.481 e.